The van der Waals surface area contributed by atoms with Gasteiger partial charge in [0.1, 0.15) is 0 Å². The number of carbonyl (C=O) groups excluding carboxylic acids is 1. The topological polar surface area (TPSA) is 59.8 Å². The van der Waals surface area contributed by atoms with E-state index in [1.807, 2.05) is 31.2 Å². The predicted octanol–water partition coefficient (Wildman–Crippen LogP) is 4.12. The lowest BCUT2D eigenvalue weighted by Crippen LogP contribution is -2.24. The van der Waals surface area contributed by atoms with Crippen molar-refractivity contribution in [2.24, 2.45) is 0 Å². The molecule has 1 N–H and O–H groups in total. The molecular weight excluding hydrogens is 359 g/mol. The molecule has 1 amide bonds. The van der Waals surface area contributed by atoms with Crippen LogP contribution in [-0.4, -0.2) is 20.9 Å². The summed E-state index contributed by atoms with van der Waals surface area (Å²) in [4.78, 5) is 12.4. The molecule has 0 bridgehead atoms. The van der Waals surface area contributed by atoms with E-state index in [1.165, 1.54) is 0 Å². The van der Waals surface area contributed by atoms with Gasteiger partial charge in [0.05, 0.1) is 11.4 Å². The number of halogens is 2. The highest BCUT2D eigenvalue weighted by atomic mass is 35.5. The summed E-state index contributed by atoms with van der Waals surface area (Å²) in [6.07, 6.45) is 0. The normalized spacial score (nSPS) is 10.7. The molecule has 1 aromatic heterocycles. The van der Waals surface area contributed by atoms with E-state index in [0.717, 1.165) is 16.8 Å². The van der Waals surface area contributed by atoms with Crippen molar-refractivity contribution in [3.8, 4) is 5.69 Å². The Morgan fingerprint density at radius 3 is 2.52 bits per heavy atom. The van der Waals surface area contributed by atoms with E-state index in [9.17, 15) is 4.79 Å². The first kappa shape index (κ1) is 17.5. The molecule has 0 atom stereocenters. The van der Waals surface area contributed by atoms with Gasteiger partial charge < -0.3 is 5.32 Å². The van der Waals surface area contributed by atoms with Crippen LogP contribution in [0.1, 0.15) is 27.3 Å². The number of amides is 1. The van der Waals surface area contributed by atoms with Crippen LogP contribution in [0.5, 0.6) is 0 Å². The van der Waals surface area contributed by atoms with Gasteiger partial charge in [-0.25, -0.2) is 4.68 Å². The van der Waals surface area contributed by atoms with E-state index in [2.05, 4.69) is 15.6 Å². The summed E-state index contributed by atoms with van der Waals surface area (Å²) < 4.78 is 1.60. The molecule has 0 spiro atoms. The zero-order chi connectivity index (χ0) is 18.0. The van der Waals surface area contributed by atoms with Crippen LogP contribution in [-0.2, 0) is 6.54 Å². The first-order chi connectivity index (χ1) is 12.0. The van der Waals surface area contributed by atoms with Crippen LogP contribution in [0.25, 0.3) is 5.69 Å². The Morgan fingerprint density at radius 2 is 1.84 bits per heavy atom. The lowest BCUT2D eigenvalue weighted by Gasteiger charge is -2.06. The number of hydrogen-bond acceptors (Lipinski definition) is 3. The Morgan fingerprint density at radius 1 is 1.12 bits per heavy atom. The molecule has 0 aliphatic rings. The molecule has 0 aliphatic heterocycles. The number of aromatic nitrogens is 3. The standard InChI is InChI=1S/C18H16Cl2N4O/c1-11-3-8-15(9-16(11)20)24-12(2)17(22-23-24)18(25)21-10-13-4-6-14(19)7-5-13/h3-9H,10H2,1-2H3,(H,21,25). The van der Waals surface area contributed by atoms with E-state index in [1.54, 1.807) is 29.8 Å². The van der Waals surface area contributed by atoms with Crippen molar-refractivity contribution in [1.29, 1.82) is 0 Å². The van der Waals surface area contributed by atoms with Gasteiger partial charge in [-0.1, -0.05) is 46.6 Å². The summed E-state index contributed by atoms with van der Waals surface area (Å²) in [5.74, 6) is -0.281. The van der Waals surface area contributed by atoms with Crippen LogP contribution in [0, 0.1) is 13.8 Å². The second-order valence-corrected chi connectivity index (χ2v) is 6.52. The van der Waals surface area contributed by atoms with Gasteiger partial charge in [-0.3, -0.25) is 4.79 Å². The van der Waals surface area contributed by atoms with Crippen LogP contribution in [0.3, 0.4) is 0 Å². The van der Waals surface area contributed by atoms with Crippen molar-refractivity contribution in [2.45, 2.75) is 20.4 Å². The minimum Gasteiger partial charge on any atom is -0.347 e. The zero-order valence-electron chi connectivity index (χ0n) is 13.8. The van der Waals surface area contributed by atoms with Crippen molar-refractivity contribution in [3.05, 3.63) is 75.0 Å². The zero-order valence-corrected chi connectivity index (χ0v) is 15.3. The maximum atomic E-state index is 12.4. The molecule has 0 saturated heterocycles. The third-order valence-electron chi connectivity index (χ3n) is 3.88. The van der Waals surface area contributed by atoms with Crippen LogP contribution in [0.15, 0.2) is 42.5 Å². The van der Waals surface area contributed by atoms with E-state index < -0.39 is 0 Å². The monoisotopic (exact) mass is 374 g/mol. The maximum Gasteiger partial charge on any atom is 0.274 e. The minimum absolute atomic E-state index is 0.281. The van der Waals surface area contributed by atoms with E-state index in [0.29, 0.717) is 22.3 Å². The van der Waals surface area contributed by atoms with Gasteiger partial charge in [-0.2, -0.15) is 0 Å². The van der Waals surface area contributed by atoms with Gasteiger partial charge in [0.25, 0.3) is 5.91 Å². The number of carbonyl (C=O) groups is 1. The first-order valence-electron chi connectivity index (χ1n) is 7.67. The summed E-state index contributed by atoms with van der Waals surface area (Å²) >= 11 is 12.0. The lowest BCUT2D eigenvalue weighted by molar-refractivity contribution is 0.0945. The second-order valence-electron chi connectivity index (χ2n) is 5.68. The maximum absolute atomic E-state index is 12.4. The number of hydrogen-bond donors (Lipinski definition) is 1. The number of benzene rings is 2. The molecule has 25 heavy (non-hydrogen) atoms. The summed E-state index contributed by atoms with van der Waals surface area (Å²) in [5, 5.41) is 12.2. The number of nitrogens with one attached hydrogen (secondary N) is 1. The first-order valence-corrected chi connectivity index (χ1v) is 8.43. The number of aryl methyl sites for hydroxylation is 1. The summed E-state index contributed by atoms with van der Waals surface area (Å²) in [5.41, 5.74) is 3.62. The molecule has 0 fully saturated rings. The fourth-order valence-corrected chi connectivity index (χ4v) is 2.67. The molecule has 0 radical (unpaired) electrons. The molecule has 5 nitrogen and oxygen atoms in total. The quantitative estimate of drug-likeness (QED) is 0.746. The molecule has 3 rings (SSSR count). The van der Waals surface area contributed by atoms with Crippen molar-refractivity contribution < 1.29 is 4.79 Å². The Labute approximate surface area is 155 Å². The molecule has 0 unspecified atom stereocenters. The van der Waals surface area contributed by atoms with Crippen LogP contribution >= 0.6 is 23.2 Å². The summed E-state index contributed by atoms with van der Waals surface area (Å²) in [6.45, 7) is 4.11. The fraction of sp³-hybridized carbons (Fsp3) is 0.167. The van der Waals surface area contributed by atoms with Gasteiger partial charge in [0.15, 0.2) is 5.69 Å². The van der Waals surface area contributed by atoms with E-state index in [-0.39, 0.29) is 11.6 Å². The molecule has 0 saturated carbocycles. The summed E-state index contributed by atoms with van der Waals surface area (Å²) in [6, 6.07) is 12.9. The minimum atomic E-state index is -0.281. The summed E-state index contributed by atoms with van der Waals surface area (Å²) in [7, 11) is 0. The third kappa shape index (κ3) is 3.83. The van der Waals surface area contributed by atoms with Crippen molar-refractivity contribution >= 4 is 29.1 Å². The Hall–Kier alpha value is -2.37. The molecule has 7 heteroatoms. The SMILES string of the molecule is Cc1ccc(-n2nnc(C(=O)NCc3ccc(Cl)cc3)c2C)cc1Cl. The highest BCUT2D eigenvalue weighted by molar-refractivity contribution is 6.31. The average molecular weight is 375 g/mol. The molecule has 0 aliphatic carbocycles. The fourth-order valence-electron chi connectivity index (χ4n) is 2.37. The van der Waals surface area contributed by atoms with Gasteiger partial charge in [0, 0.05) is 16.6 Å². The van der Waals surface area contributed by atoms with Gasteiger partial charge >= 0.3 is 0 Å². The molecule has 1 heterocycles. The lowest BCUT2D eigenvalue weighted by atomic mass is 10.2. The molecule has 3 aromatic rings. The van der Waals surface area contributed by atoms with Crippen LogP contribution in [0.2, 0.25) is 10.0 Å². The average Bonchev–Trinajstić information content (AvgIpc) is 2.98. The number of rotatable bonds is 4. The van der Waals surface area contributed by atoms with Crippen molar-refractivity contribution in [3.63, 3.8) is 0 Å². The van der Waals surface area contributed by atoms with E-state index >= 15 is 0 Å². The predicted molar refractivity (Wildman–Crippen MR) is 98.5 cm³/mol. The second kappa shape index (κ2) is 7.25. The Kier molecular flexibility index (Phi) is 5.06. The van der Waals surface area contributed by atoms with Crippen molar-refractivity contribution in [2.75, 3.05) is 0 Å². The Bertz CT molecular complexity index is 919. The van der Waals surface area contributed by atoms with Crippen LogP contribution in [0.4, 0.5) is 0 Å². The smallest absolute Gasteiger partial charge is 0.274 e. The molecular formula is C18H16Cl2N4O. The highest BCUT2D eigenvalue weighted by Gasteiger charge is 2.17. The number of nitrogens with zero attached hydrogens (tertiary/aromatic N) is 3. The highest BCUT2D eigenvalue weighted by Crippen LogP contribution is 2.20. The third-order valence-corrected chi connectivity index (χ3v) is 4.54. The Balaban J connectivity index is 1.76. The largest absolute Gasteiger partial charge is 0.347 e. The van der Waals surface area contributed by atoms with Gasteiger partial charge in [0.2, 0.25) is 0 Å². The van der Waals surface area contributed by atoms with E-state index in [4.69, 9.17) is 23.2 Å². The molecule has 2 aromatic carbocycles. The van der Waals surface area contributed by atoms with Gasteiger partial charge in [-0.15, -0.1) is 5.10 Å². The van der Waals surface area contributed by atoms with Crippen LogP contribution < -0.4 is 5.32 Å². The van der Waals surface area contributed by atoms with Gasteiger partial charge in [-0.05, 0) is 49.2 Å². The van der Waals surface area contributed by atoms with Crippen molar-refractivity contribution in [1.82, 2.24) is 20.3 Å². The molecule has 128 valence electrons.